The van der Waals surface area contributed by atoms with Crippen molar-refractivity contribution in [1.82, 2.24) is 13.9 Å². The molecule has 0 radical (unpaired) electrons. The van der Waals surface area contributed by atoms with Crippen molar-refractivity contribution in [2.45, 2.75) is 17.0 Å². The molecule has 1 aliphatic rings. The molecule has 1 fully saturated rings. The van der Waals surface area contributed by atoms with Crippen molar-refractivity contribution in [2.75, 3.05) is 18.4 Å². The molecule has 6 nitrogen and oxygen atoms in total. The molecule has 2 heterocycles. The van der Waals surface area contributed by atoms with Gasteiger partial charge >= 0.3 is 0 Å². The van der Waals surface area contributed by atoms with Gasteiger partial charge in [-0.15, -0.1) is 0 Å². The number of imidazole rings is 1. The third kappa shape index (κ3) is 3.92. The molecule has 0 spiro atoms. The molecule has 3 aromatic rings. The van der Waals surface area contributed by atoms with Crippen LogP contribution in [-0.4, -0.2) is 41.4 Å². The Kier molecular flexibility index (Phi) is 5.29. The first-order valence-corrected chi connectivity index (χ1v) is 10.6. The van der Waals surface area contributed by atoms with E-state index in [2.05, 4.69) is 10.3 Å². The van der Waals surface area contributed by atoms with Gasteiger partial charge in [0.05, 0.1) is 12.0 Å². The lowest BCUT2D eigenvalue weighted by Gasteiger charge is -2.21. The zero-order valence-electron chi connectivity index (χ0n) is 16.0. The Balaban J connectivity index is 1.67. The Morgan fingerprint density at radius 2 is 1.73 bits per heavy atom. The highest BCUT2D eigenvalue weighted by atomic mass is 32.2. The zero-order chi connectivity index (χ0) is 21.5. The fourth-order valence-corrected chi connectivity index (χ4v) is 5.08. The highest BCUT2D eigenvalue weighted by Crippen LogP contribution is 2.33. The molecule has 1 aliphatic heterocycles. The average Bonchev–Trinajstić information content (AvgIpc) is 3.32. The van der Waals surface area contributed by atoms with Gasteiger partial charge in [-0.1, -0.05) is 12.1 Å². The van der Waals surface area contributed by atoms with Crippen molar-refractivity contribution in [3.63, 3.8) is 0 Å². The minimum Gasteiger partial charge on any atom is -0.378 e. The van der Waals surface area contributed by atoms with Crippen molar-refractivity contribution in [1.29, 1.82) is 0 Å². The summed E-state index contributed by atoms with van der Waals surface area (Å²) in [7, 11) is -2.21. The van der Waals surface area contributed by atoms with Crippen LogP contribution in [0.3, 0.4) is 0 Å². The largest absolute Gasteiger partial charge is 0.378 e. The number of rotatable bonds is 5. The van der Waals surface area contributed by atoms with Gasteiger partial charge in [-0.05, 0) is 29.8 Å². The third-order valence-electron chi connectivity index (χ3n) is 5.14. The van der Waals surface area contributed by atoms with E-state index in [1.807, 2.05) is 0 Å². The summed E-state index contributed by atoms with van der Waals surface area (Å²) in [5.41, 5.74) is 0.765. The fraction of sp³-hybridized carbons (Fsp3) is 0.250. The first-order chi connectivity index (χ1) is 14.2. The Hall–Kier alpha value is -2.85. The van der Waals surface area contributed by atoms with Crippen LogP contribution in [0.25, 0.3) is 0 Å². The van der Waals surface area contributed by atoms with Gasteiger partial charge in [0.25, 0.3) is 10.0 Å². The lowest BCUT2D eigenvalue weighted by molar-refractivity contribution is 0.468. The van der Waals surface area contributed by atoms with Crippen LogP contribution in [0.4, 0.5) is 18.9 Å². The van der Waals surface area contributed by atoms with Crippen LogP contribution < -0.4 is 5.32 Å². The molecule has 158 valence electrons. The van der Waals surface area contributed by atoms with Crippen molar-refractivity contribution >= 4 is 15.7 Å². The van der Waals surface area contributed by atoms with Gasteiger partial charge < -0.3 is 9.88 Å². The van der Waals surface area contributed by atoms with Crippen LogP contribution in [0, 0.1) is 17.5 Å². The molecule has 4 rings (SSSR count). The molecule has 0 saturated carbocycles. The quantitative estimate of drug-likeness (QED) is 0.668. The van der Waals surface area contributed by atoms with Gasteiger partial charge in [0.15, 0.2) is 5.03 Å². The highest BCUT2D eigenvalue weighted by Gasteiger charge is 2.41. The van der Waals surface area contributed by atoms with Gasteiger partial charge in [-0.3, -0.25) is 0 Å². The Labute approximate surface area is 172 Å². The van der Waals surface area contributed by atoms with Gasteiger partial charge in [-0.2, -0.15) is 4.31 Å². The Bertz CT molecular complexity index is 1170. The SMILES string of the molecule is Cn1cnc(S(=O)(=O)N2C[C@@H](Nc3ccc(F)cc3F)[C@H](c3ccc(F)cc3)C2)c1. The molecule has 0 amide bonds. The van der Waals surface area contributed by atoms with Gasteiger partial charge in [0.2, 0.25) is 0 Å². The van der Waals surface area contributed by atoms with E-state index in [1.165, 1.54) is 39.6 Å². The molecule has 1 aromatic heterocycles. The third-order valence-corrected chi connectivity index (χ3v) is 6.86. The van der Waals surface area contributed by atoms with Gasteiger partial charge in [-0.25, -0.2) is 26.6 Å². The minimum atomic E-state index is -3.88. The van der Waals surface area contributed by atoms with Crippen LogP contribution in [0.5, 0.6) is 0 Å². The molecule has 2 atom stereocenters. The molecule has 30 heavy (non-hydrogen) atoms. The number of benzene rings is 2. The number of hydrogen-bond donors (Lipinski definition) is 1. The standard InChI is InChI=1S/C20H19F3N4O2S/c1-26-11-20(24-12-26)30(28,29)27-9-16(13-2-4-14(21)5-3-13)19(10-27)25-18-7-6-15(22)8-17(18)23/h2-8,11-12,16,19,25H,9-10H2,1H3/t16-,19+/m0/s1. The van der Waals surface area contributed by atoms with Crippen molar-refractivity contribution < 1.29 is 21.6 Å². The summed E-state index contributed by atoms with van der Waals surface area (Å²) in [6, 6.07) is 8.36. The number of sulfonamides is 1. The highest BCUT2D eigenvalue weighted by molar-refractivity contribution is 7.89. The van der Waals surface area contributed by atoms with Crippen LogP contribution in [-0.2, 0) is 17.1 Å². The molecule has 1 N–H and O–H groups in total. The predicted molar refractivity (Wildman–Crippen MR) is 105 cm³/mol. The maximum absolute atomic E-state index is 14.2. The molecular weight excluding hydrogens is 417 g/mol. The number of anilines is 1. The molecule has 0 unspecified atom stereocenters. The van der Waals surface area contributed by atoms with E-state index >= 15 is 0 Å². The van der Waals surface area contributed by atoms with Crippen LogP contribution in [0.15, 0.2) is 60.0 Å². The molecule has 1 saturated heterocycles. The summed E-state index contributed by atoms with van der Waals surface area (Å²) in [6.07, 6.45) is 2.80. The minimum absolute atomic E-state index is 0.0395. The summed E-state index contributed by atoms with van der Waals surface area (Å²) >= 11 is 0. The van der Waals surface area contributed by atoms with Crippen molar-refractivity contribution in [3.05, 3.63) is 78.0 Å². The summed E-state index contributed by atoms with van der Waals surface area (Å²) in [6.45, 7) is 0.142. The topological polar surface area (TPSA) is 67.2 Å². The second-order valence-corrected chi connectivity index (χ2v) is 9.12. The van der Waals surface area contributed by atoms with E-state index in [9.17, 15) is 21.6 Å². The number of hydrogen-bond acceptors (Lipinski definition) is 4. The van der Waals surface area contributed by atoms with E-state index < -0.39 is 33.5 Å². The Morgan fingerprint density at radius 1 is 1.03 bits per heavy atom. The summed E-state index contributed by atoms with van der Waals surface area (Å²) < 4.78 is 69.7. The summed E-state index contributed by atoms with van der Waals surface area (Å²) in [5.74, 6) is -2.28. The number of nitrogens with zero attached hydrogens (tertiary/aromatic N) is 3. The molecule has 0 aliphatic carbocycles. The van der Waals surface area contributed by atoms with Gasteiger partial charge in [0.1, 0.15) is 17.5 Å². The second-order valence-electron chi connectivity index (χ2n) is 7.23. The normalized spacial score (nSPS) is 19.9. The molecule has 10 heteroatoms. The second kappa shape index (κ2) is 7.77. The zero-order valence-corrected chi connectivity index (χ0v) is 16.8. The maximum Gasteiger partial charge on any atom is 0.262 e. The first-order valence-electron chi connectivity index (χ1n) is 9.19. The summed E-state index contributed by atoms with van der Waals surface area (Å²) in [5, 5.41) is 2.90. The first kappa shape index (κ1) is 20.4. The van der Waals surface area contributed by atoms with Crippen molar-refractivity contribution in [3.8, 4) is 0 Å². The van der Waals surface area contributed by atoms with E-state index in [0.29, 0.717) is 5.56 Å². The number of nitrogens with one attached hydrogen (secondary N) is 1. The predicted octanol–water partition coefficient (Wildman–Crippen LogP) is 3.11. The van der Waals surface area contributed by atoms with E-state index in [-0.39, 0.29) is 29.7 Å². The van der Waals surface area contributed by atoms with E-state index in [0.717, 1.165) is 12.1 Å². The van der Waals surface area contributed by atoms with Crippen LogP contribution in [0.1, 0.15) is 11.5 Å². The van der Waals surface area contributed by atoms with Crippen molar-refractivity contribution in [2.24, 2.45) is 7.05 Å². The molecule has 2 aromatic carbocycles. The molecular formula is C20H19F3N4O2S. The lowest BCUT2D eigenvalue weighted by atomic mass is 9.94. The summed E-state index contributed by atoms with van der Waals surface area (Å²) in [4.78, 5) is 3.94. The molecule has 0 bridgehead atoms. The van der Waals surface area contributed by atoms with E-state index in [1.54, 1.807) is 19.2 Å². The number of halogens is 3. The number of aromatic nitrogens is 2. The number of aryl methyl sites for hydroxylation is 1. The average molecular weight is 436 g/mol. The monoisotopic (exact) mass is 436 g/mol. The van der Waals surface area contributed by atoms with Crippen LogP contribution in [0.2, 0.25) is 0 Å². The van der Waals surface area contributed by atoms with Crippen LogP contribution >= 0.6 is 0 Å². The maximum atomic E-state index is 14.2. The Morgan fingerprint density at radius 3 is 2.37 bits per heavy atom. The smallest absolute Gasteiger partial charge is 0.262 e. The van der Waals surface area contributed by atoms with Gasteiger partial charge in [0, 0.05) is 44.4 Å². The fourth-order valence-electron chi connectivity index (χ4n) is 3.62. The lowest BCUT2D eigenvalue weighted by Crippen LogP contribution is -2.32. The van der Waals surface area contributed by atoms with E-state index in [4.69, 9.17) is 0 Å².